The topological polar surface area (TPSA) is 67.4 Å². The number of methoxy groups -OCH3 is 1. The van der Waals surface area contributed by atoms with E-state index in [4.69, 9.17) is 4.74 Å². The van der Waals surface area contributed by atoms with Crippen molar-refractivity contribution in [1.29, 1.82) is 0 Å². The third kappa shape index (κ3) is 4.94. The van der Waals surface area contributed by atoms with Gasteiger partial charge >= 0.3 is 0 Å². The summed E-state index contributed by atoms with van der Waals surface area (Å²) in [6, 6.07) is 7.38. The number of rotatable bonds is 6. The van der Waals surface area contributed by atoms with E-state index in [0.29, 0.717) is 18.1 Å². The van der Waals surface area contributed by atoms with E-state index >= 15 is 0 Å². The molecule has 0 aliphatic carbocycles. The maximum atomic E-state index is 12.0. The molecule has 6 heteroatoms. The smallest absolute Gasteiger partial charge is 0.242 e. The fourth-order valence-corrected chi connectivity index (χ4v) is 3.22. The van der Waals surface area contributed by atoms with Gasteiger partial charge in [-0.2, -0.15) is 0 Å². The van der Waals surface area contributed by atoms with E-state index < -0.39 is 0 Å². The van der Waals surface area contributed by atoms with Crippen LogP contribution >= 0.6 is 11.8 Å². The highest BCUT2D eigenvalue weighted by Crippen LogP contribution is 2.22. The molecule has 120 valence electrons. The van der Waals surface area contributed by atoms with Crippen LogP contribution in [0.5, 0.6) is 5.75 Å². The molecule has 1 saturated heterocycles. The standard InChI is InChI=1S/C16H22N2O3S/c1-21-14-8-3-2-6-12(14)10-22-11-15(19)18-13-7-4-5-9-17-16(13)20/h2-3,6,8,13H,4-5,7,9-11H2,1H3,(H,17,20)(H,18,19). The van der Waals surface area contributed by atoms with Crippen molar-refractivity contribution in [2.24, 2.45) is 0 Å². The lowest BCUT2D eigenvalue weighted by atomic mass is 10.1. The van der Waals surface area contributed by atoms with Crippen LogP contribution in [0.15, 0.2) is 24.3 Å². The summed E-state index contributed by atoms with van der Waals surface area (Å²) in [6.45, 7) is 0.702. The first-order chi connectivity index (χ1) is 10.7. The summed E-state index contributed by atoms with van der Waals surface area (Å²) in [5.74, 6) is 1.71. The Morgan fingerprint density at radius 2 is 2.23 bits per heavy atom. The number of hydrogen-bond donors (Lipinski definition) is 2. The van der Waals surface area contributed by atoms with Crippen LogP contribution in [0.25, 0.3) is 0 Å². The van der Waals surface area contributed by atoms with Crippen molar-refractivity contribution in [3.05, 3.63) is 29.8 Å². The molecule has 0 bridgehead atoms. The molecule has 2 amide bonds. The molecule has 1 unspecified atom stereocenters. The van der Waals surface area contributed by atoms with Crippen molar-refractivity contribution in [2.75, 3.05) is 19.4 Å². The number of thioether (sulfide) groups is 1. The molecular formula is C16H22N2O3S. The predicted octanol–water partition coefficient (Wildman–Crippen LogP) is 1.71. The quantitative estimate of drug-likeness (QED) is 0.837. The van der Waals surface area contributed by atoms with Crippen molar-refractivity contribution in [3.63, 3.8) is 0 Å². The van der Waals surface area contributed by atoms with Gasteiger partial charge in [0.15, 0.2) is 0 Å². The Balaban J connectivity index is 1.76. The van der Waals surface area contributed by atoms with Gasteiger partial charge in [-0.25, -0.2) is 0 Å². The molecule has 0 saturated carbocycles. The number of amides is 2. The van der Waals surface area contributed by atoms with Gasteiger partial charge in [-0.1, -0.05) is 18.2 Å². The summed E-state index contributed by atoms with van der Waals surface area (Å²) >= 11 is 1.52. The zero-order valence-corrected chi connectivity index (χ0v) is 13.6. The van der Waals surface area contributed by atoms with Crippen LogP contribution in [0.2, 0.25) is 0 Å². The maximum absolute atomic E-state index is 12.0. The summed E-state index contributed by atoms with van der Waals surface area (Å²) in [7, 11) is 1.64. The molecule has 1 aromatic carbocycles. The molecule has 1 aromatic rings. The van der Waals surface area contributed by atoms with E-state index in [2.05, 4.69) is 10.6 Å². The molecule has 2 rings (SSSR count). The number of carbonyl (C=O) groups is 2. The first kappa shape index (κ1) is 16.7. The Morgan fingerprint density at radius 1 is 1.41 bits per heavy atom. The molecule has 1 heterocycles. The average Bonchev–Trinajstić information content (AvgIpc) is 2.73. The fraction of sp³-hybridized carbons (Fsp3) is 0.500. The SMILES string of the molecule is COc1ccccc1CSCC(=O)NC1CCCCNC1=O. The molecule has 0 aromatic heterocycles. The Labute approximate surface area is 135 Å². The van der Waals surface area contributed by atoms with Gasteiger partial charge in [0.05, 0.1) is 12.9 Å². The van der Waals surface area contributed by atoms with Crippen LogP contribution in [0.4, 0.5) is 0 Å². The van der Waals surface area contributed by atoms with Gasteiger partial charge in [0.25, 0.3) is 0 Å². The minimum Gasteiger partial charge on any atom is -0.496 e. The largest absolute Gasteiger partial charge is 0.496 e. The second-order valence-electron chi connectivity index (χ2n) is 5.21. The minimum absolute atomic E-state index is 0.0689. The van der Waals surface area contributed by atoms with Crippen molar-refractivity contribution in [2.45, 2.75) is 31.1 Å². The third-order valence-electron chi connectivity index (χ3n) is 3.55. The molecule has 1 atom stereocenters. The van der Waals surface area contributed by atoms with E-state index in [1.54, 1.807) is 7.11 Å². The van der Waals surface area contributed by atoms with E-state index in [9.17, 15) is 9.59 Å². The second kappa shape index (κ2) is 8.68. The van der Waals surface area contributed by atoms with Gasteiger partial charge in [-0.15, -0.1) is 11.8 Å². The predicted molar refractivity (Wildman–Crippen MR) is 87.9 cm³/mol. The highest BCUT2D eigenvalue weighted by Gasteiger charge is 2.22. The van der Waals surface area contributed by atoms with Crippen LogP contribution in [0.1, 0.15) is 24.8 Å². The Kier molecular flexibility index (Phi) is 6.58. The van der Waals surface area contributed by atoms with Gasteiger partial charge in [-0.05, 0) is 25.3 Å². The second-order valence-corrected chi connectivity index (χ2v) is 6.20. The number of benzene rings is 1. The third-order valence-corrected chi connectivity index (χ3v) is 4.54. The van der Waals surface area contributed by atoms with Crippen molar-refractivity contribution >= 4 is 23.6 Å². The van der Waals surface area contributed by atoms with Gasteiger partial charge in [0.1, 0.15) is 11.8 Å². The summed E-state index contributed by atoms with van der Waals surface area (Å²) in [6.07, 6.45) is 2.65. The molecule has 1 aliphatic rings. The summed E-state index contributed by atoms with van der Waals surface area (Å²) in [5.41, 5.74) is 1.06. The van der Waals surface area contributed by atoms with Crippen LogP contribution in [0, 0.1) is 0 Å². The Hall–Kier alpha value is -1.69. The van der Waals surface area contributed by atoms with Crippen molar-refractivity contribution in [1.82, 2.24) is 10.6 Å². The minimum atomic E-state index is -0.387. The van der Waals surface area contributed by atoms with Gasteiger partial charge in [0, 0.05) is 17.9 Å². The van der Waals surface area contributed by atoms with Crippen LogP contribution in [-0.2, 0) is 15.3 Å². The van der Waals surface area contributed by atoms with Crippen LogP contribution in [-0.4, -0.2) is 37.3 Å². The summed E-state index contributed by atoms with van der Waals surface area (Å²) < 4.78 is 5.29. The number of hydrogen-bond acceptors (Lipinski definition) is 4. The van der Waals surface area contributed by atoms with Crippen molar-refractivity contribution < 1.29 is 14.3 Å². The van der Waals surface area contributed by atoms with Gasteiger partial charge in [0.2, 0.25) is 11.8 Å². The number of para-hydroxylation sites is 1. The zero-order chi connectivity index (χ0) is 15.8. The van der Waals surface area contributed by atoms with Crippen LogP contribution in [0.3, 0.4) is 0 Å². The first-order valence-corrected chi connectivity index (χ1v) is 8.63. The molecule has 0 spiro atoms. The van der Waals surface area contributed by atoms with E-state index in [1.165, 1.54) is 11.8 Å². The molecule has 2 N–H and O–H groups in total. The monoisotopic (exact) mass is 322 g/mol. The summed E-state index contributed by atoms with van der Waals surface area (Å²) in [4.78, 5) is 23.7. The molecule has 22 heavy (non-hydrogen) atoms. The van der Waals surface area contributed by atoms with Crippen molar-refractivity contribution in [3.8, 4) is 5.75 Å². The van der Waals surface area contributed by atoms with E-state index in [1.807, 2.05) is 24.3 Å². The number of carbonyl (C=O) groups excluding carboxylic acids is 2. The molecule has 5 nitrogen and oxygen atoms in total. The normalized spacial score (nSPS) is 18.2. The van der Waals surface area contributed by atoms with E-state index in [-0.39, 0.29) is 17.9 Å². The lowest BCUT2D eigenvalue weighted by molar-refractivity contribution is -0.127. The highest BCUT2D eigenvalue weighted by molar-refractivity contribution is 7.99. The van der Waals surface area contributed by atoms with Gasteiger partial charge in [-0.3, -0.25) is 9.59 Å². The van der Waals surface area contributed by atoms with Gasteiger partial charge < -0.3 is 15.4 Å². The molecule has 1 aliphatic heterocycles. The molecular weight excluding hydrogens is 300 g/mol. The number of ether oxygens (including phenoxy) is 1. The maximum Gasteiger partial charge on any atom is 0.242 e. The van der Waals surface area contributed by atoms with Crippen LogP contribution < -0.4 is 15.4 Å². The fourth-order valence-electron chi connectivity index (χ4n) is 2.39. The lowest BCUT2D eigenvalue weighted by Gasteiger charge is -2.15. The average molecular weight is 322 g/mol. The zero-order valence-electron chi connectivity index (χ0n) is 12.8. The highest BCUT2D eigenvalue weighted by atomic mass is 32.2. The first-order valence-electron chi connectivity index (χ1n) is 7.47. The lowest BCUT2D eigenvalue weighted by Crippen LogP contribution is -2.46. The Morgan fingerprint density at radius 3 is 3.05 bits per heavy atom. The Bertz CT molecular complexity index is 522. The molecule has 1 fully saturated rings. The molecule has 0 radical (unpaired) electrons. The number of nitrogens with one attached hydrogen (secondary N) is 2. The summed E-state index contributed by atoms with van der Waals surface area (Å²) in [5, 5.41) is 5.64. The van der Waals surface area contributed by atoms with E-state index in [0.717, 1.165) is 30.6 Å².